The molecule has 5 rings (SSSR count). The van der Waals surface area contributed by atoms with E-state index in [-0.39, 0.29) is 31.0 Å². The Hall–Kier alpha value is -3.14. The Labute approximate surface area is 182 Å². The first kappa shape index (κ1) is 20.7. The van der Waals surface area contributed by atoms with Crippen LogP contribution in [-0.4, -0.2) is 43.5 Å². The summed E-state index contributed by atoms with van der Waals surface area (Å²) in [6, 6.07) is 1.41. The van der Waals surface area contributed by atoms with Crippen molar-refractivity contribution in [3.63, 3.8) is 0 Å². The van der Waals surface area contributed by atoms with Crippen molar-refractivity contribution in [2.24, 2.45) is 5.92 Å². The van der Waals surface area contributed by atoms with Gasteiger partial charge in [-0.25, -0.2) is 23.1 Å². The maximum atomic E-state index is 14.6. The first-order valence-corrected chi connectivity index (χ1v) is 10.6. The van der Waals surface area contributed by atoms with Crippen molar-refractivity contribution in [1.29, 1.82) is 0 Å². The van der Waals surface area contributed by atoms with E-state index >= 15 is 0 Å². The molecule has 0 bridgehead atoms. The van der Waals surface area contributed by atoms with E-state index in [0.29, 0.717) is 49.0 Å². The van der Waals surface area contributed by atoms with Crippen molar-refractivity contribution < 1.29 is 18.3 Å². The molecular weight excluding hydrogens is 421 g/mol. The number of hydrogen-bond acceptors (Lipinski definition) is 6. The van der Waals surface area contributed by atoms with Gasteiger partial charge < -0.3 is 15.7 Å². The van der Waals surface area contributed by atoms with Crippen molar-refractivity contribution in [3.05, 3.63) is 53.4 Å². The second kappa shape index (κ2) is 8.09. The third-order valence-corrected chi connectivity index (χ3v) is 6.15. The van der Waals surface area contributed by atoms with E-state index < -0.39 is 11.7 Å². The van der Waals surface area contributed by atoms with Crippen LogP contribution in [0.1, 0.15) is 42.5 Å². The van der Waals surface area contributed by atoms with Crippen LogP contribution in [0.25, 0.3) is 11.2 Å². The summed E-state index contributed by atoms with van der Waals surface area (Å²) < 4.78 is 42.8. The van der Waals surface area contributed by atoms with Crippen LogP contribution in [0.4, 0.5) is 24.9 Å². The Bertz CT molecular complexity index is 1180. The van der Waals surface area contributed by atoms with Gasteiger partial charge in [0.05, 0.1) is 18.5 Å². The summed E-state index contributed by atoms with van der Waals surface area (Å²) in [5.41, 5.74) is 2.77. The van der Waals surface area contributed by atoms with E-state index in [1.165, 1.54) is 16.7 Å². The van der Waals surface area contributed by atoms with E-state index in [1.807, 2.05) is 6.08 Å². The topological polar surface area (TPSA) is 87.4 Å². The van der Waals surface area contributed by atoms with Crippen LogP contribution in [0.2, 0.25) is 0 Å². The molecule has 10 heteroatoms. The maximum Gasteiger partial charge on any atom is 0.248 e. The van der Waals surface area contributed by atoms with E-state index in [0.717, 1.165) is 11.1 Å². The van der Waals surface area contributed by atoms with E-state index in [4.69, 9.17) is 0 Å². The number of aliphatic hydroxyl groups excluding tert-OH is 1. The molecule has 0 saturated heterocycles. The number of rotatable bonds is 5. The lowest BCUT2D eigenvalue weighted by molar-refractivity contribution is -0.0443. The highest BCUT2D eigenvalue weighted by molar-refractivity contribution is 5.87. The molecule has 3 aromatic rings. The Kier molecular flexibility index (Phi) is 5.24. The van der Waals surface area contributed by atoms with E-state index in [9.17, 15) is 18.3 Å². The number of nitrogens with zero attached hydrogens (tertiary/aromatic N) is 4. The number of pyridine rings is 1. The maximum absolute atomic E-state index is 14.6. The summed E-state index contributed by atoms with van der Waals surface area (Å²) in [4.78, 5) is 12.9. The van der Waals surface area contributed by atoms with Crippen molar-refractivity contribution in [2.75, 3.05) is 23.7 Å². The molecule has 0 spiro atoms. The number of imidazole rings is 1. The van der Waals surface area contributed by atoms with Crippen LogP contribution < -0.4 is 10.6 Å². The summed E-state index contributed by atoms with van der Waals surface area (Å²) in [5, 5.41) is 15.9. The fourth-order valence-electron chi connectivity index (χ4n) is 4.33. The zero-order chi connectivity index (χ0) is 22.3. The quantitative estimate of drug-likeness (QED) is 0.554. The van der Waals surface area contributed by atoms with Gasteiger partial charge in [-0.2, -0.15) is 4.98 Å². The molecule has 1 saturated carbocycles. The van der Waals surface area contributed by atoms with Crippen LogP contribution >= 0.6 is 0 Å². The highest BCUT2D eigenvalue weighted by Gasteiger charge is 2.34. The fourth-order valence-corrected chi connectivity index (χ4v) is 4.33. The second-order valence-electron chi connectivity index (χ2n) is 8.31. The lowest BCUT2D eigenvalue weighted by Crippen LogP contribution is -2.28. The van der Waals surface area contributed by atoms with Gasteiger partial charge in [0, 0.05) is 49.5 Å². The highest BCUT2D eigenvalue weighted by atomic mass is 19.3. The van der Waals surface area contributed by atoms with Crippen LogP contribution in [0.5, 0.6) is 0 Å². The lowest BCUT2D eigenvalue weighted by atomic mass is 9.87. The lowest BCUT2D eigenvalue weighted by Gasteiger charge is -2.28. The molecule has 3 aromatic heterocycles. The minimum absolute atomic E-state index is 0.0735. The van der Waals surface area contributed by atoms with Gasteiger partial charge in [0.15, 0.2) is 11.5 Å². The van der Waals surface area contributed by atoms with Gasteiger partial charge in [-0.3, -0.25) is 4.40 Å². The number of alkyl halides is 2. The predicted molar refractivity (Wildman–Crippen MR) is 114 cm³/mol. The Morgan fingerprint density at radius 1 is 1.22 bits per heavy atom. The number of hydrogen-bond donors (Lipinski definition) is 3. The smallest absolute Gasteiger partial charge is 0.248 e. The van der Waals surface area contributed by atoms with Gasteiger partial charge in [-0.15, -0.1) is 0 Å². The molecule has 32 heavy (non-hydrogen) atoms. The van der Waals surface area contributed by atoms with Crippen LogP contribution in [0.15, 0.2) is 30.7 Å². The minimum atomic E-state index is -2.54. The molecule has 2 aliphatic rings. The summed E-state index contributed by atoms with van der Waals surface area (Å²) in [6.45, 7) is 0.801. The van der Waals surface area contributed by atoms with Crippen molar-refractivity contribution in [2.45, 2.75) is 38.2 Å². The number of aromatic nitrogens is 4. The molecule has 1 aliphatic heterocycles. The summed E-state index contributed by atoms with van der Waals surface area (Å²) in [5.74, 6) is -1.82. The van der Waals surface area contributed by atoms with Crippen LogP contribution in [-0.2, 0) is 6.61 Å². The summed E-state index contributed by atoms with van der Waals surface area (Å²) in [6.07, 6.45) is 7.59. The summed E-state index contributed by atoms with van der Waals surface area (Å²) >= 11 is 0. The molecular formula is C22H23F3N6O. The highest BCUT2D eigenvalue weighted by Crippen LogP contribution is 2.36. The van der Waals surface area contributed by atoms with Gasteiger partial charge in [0.2, 0.25) is 11.9 Å². The molecule has 7 nitrogen and oxygen atoms in total. The van der Waals surface area contributed by atoms with Crippen molar-refractivity contribution >= 4 is 23.0 Å². The van der Waals surface area contributed by atoms with Crippen molar-refractivity contribution in [1.82, 2.24) is 19.4 Å². The first-order chi connectivity index (χ1) is 15.4. The molecule has 3 N–H and O–H groups in total. The SMILES string of the molecule is OCc1cnc2c(F)cc(C3=CCNc4nc(NCC5CCC(F)(F)CC5)ncc43)cn12. The molecule has 1 aliphatic carbocycles. The molecule has 168 valence electrons. The normalized spacial score (nSPS) is 18.2. The van der Waals surface area contributed by atoms with Crippen LogP contribution in [0, 0.1) is 11.7 Å². The van der Waals surface area contributed by atoms with Gasteiger partial charge in [0.25, 0.3) is 0 Å². The number of anilines is 2. The molecule has 4 heterocycles. The van der Waals surface area contributed by atoms with Crippen molar-refractivity contribution in [3.8, 4) is 0 Å². The van der Waals surface area contributed by atoms with E-state index in [1.54, 1.807) is 12.4 Å². The Morgan fingerprint density at radius 3 is 2.81 bits per heavy atom. The van der Waals surface area contributed by atoms with Gasteiger partial charge in [0.1, 0.15) is 5.82 Å². The van der Waals surface area contributed by atoms with Gasteiger partial charge in [-0.1, -0.05) is 6.08 Å². The first-order valence-electron chi connectivity index (χ1n) is 10.6. The molecule has 0 amide bonds. The zero-order valence-corrected chi connectivity index (χ0v) is 17.3. The second-order valence-corrected chi connectivity index (χ2v) is 8.31. The predicted octanol–water partition coefficient (Wildman–Crippen LogP) is 3.85. The largest absolute Gasteiger partial charge is 0.390 e. The molecule has 0 unspecified atom stereocenters. The zero-order valence-electron chi connectivity index (χ0n) is 17.3. The Morgan fingerprint density at radius 2 is 2.03 bits per heavy atom. The van der Waals surface area contributed by atoms with Gasteiger partial charge >= 0.3 is 0 Å². The molecule has 0 atom stereocenters. The van der Waals surface area contributed by atoms with Gasteiger partial charge in [-0.05, 0) is 30.4 Å². The Balaban J connectivity index is 1.36. The number of aliphatic hydroxyl groups is 1. The molecule has 0 radical (unpaired) electrons. The minimum Gasteiger partial charge on any atom is -0.390 e. The molecule has 0 aromatic carbocycles. The third-order valence-electron chi connectivity index (χ3n) is 6.15. The van der Waals surface area contributed by atoms with Crippen LogP contribution in [0.3, 0.4) is 0 Å². The number of nitrogens with one attached hydrogen (secondary N) is 2. The molecule has 1 fully saturated rings. The monoisotopic (exact) mass is 444 g/mol. The average Bonchev–Trinajstić information content (AvgIpc) is 3.21. The van der Waals surface area contributed by atoms with E-state index in [2.05, 4.69) is 25.6 Å². The third kappa shape index (κ3) is 3.90. The standard InChI is InChI=1S/C22H23F3N6O/c23-18-7-14(11-31-15(12-32)9-27-20(18)31)16-3-6-26-19-17(16)10-29-21(30-19)28-8-13-1-4-22(24,25)5-2-13/h3,7,9-11,13,32H,1-2,4-6,8,12H2,(H2,26,28,29,30). The summed E-state index contributed by atoms with van der Waals surface area (Å²) in [7, 11) is 0. The number of fused-ring (bicyclic) bond motifs is 2. The average molecular weight is 444 g/mol. The fraction of sp³-hybridized carbons (Fsp3) is 0.409. The number of halogens is 3.